The van der Waals surface area contributed by atoms with Crippen molar-refractivity contribution in [2.75, 3.05) is 0 Å². The Morgan fingerprint density at radius 3 is 1.81 bits per heavy atom. The smallest absolute Gasteiger partial charge is 0.115 e. The van der Waals surface area contributed by atoms with Gasteiger partial charge in [0.05, 0.1) is 11.4 Å². The number of benzene rings is 2. The van der Waals surface area contributed by atoms with Crippen molar-refractivity contribution in [3.05, 3.63) is 54.1 Å². The highest BCUT2D eigenvalue weighted by molar-refractivity contribution is 5.43. The largest absolute Gasteiger partial charge is 0.508 e. The fraction of sp³-hybridized carbons (Fsp3) is 0.333. The average molecular weight is 280 g/mol. The van der Waals surface area contributed by atoms with Crippen LogP contribution in [0.2, 0.25) is 0 Å². The summed E-state index contributed by atoms with van der Waals surface area (Å²) in [4.78, 5) is 0. The predicted octanol–water partition coefficient (Wildman–Crippen LogP) is 5.86. The second-order valence-corrected chi connectivity index (χ2v) is 5.64. The van der Waals surface area contributed by atoms with E-state index in [1.54, 1.807) is 24.3 Å². The second kappa shape index (κ2) is 6.53. The van der Waals surface area contributed by atoms with E-state index < -0.39 is 0 Å². The third-order valence-corrected chi connectivity index (χ3v) is 4.10. The molecule has 1 saturated carbocycles. The van der Waals surface area contributed by atoms with Crippen LogP contribution in [-0.4, -0.2) is 5.11 Å². The maximum Gasteiger partial charge on any atom is 0.115 e. The summed E-state index contributed by atoms with van der Waals surface area (Å²) < 4.78 is 0. The number of phenols is 1. The summed E-state index contributed by atoms with van der Waals surface area (Å²) in [5.41, 5.74) is 3.03. The van der Waals surface area contributed by atoms with Crippen LogP contribution in [0.15, 0.2) is 58.8 Å². The lowest BCUT2D eigenvalue weighted by atomic mass is 9.84. The van der Waals surface area contributed by atoms with Crippen LogP contribution >= 0.6 is 0 Å². The van der Waals surface area contributed by atoms with E-state index in [4.69, 9.17) is 0 Å². The molecule has 0 unspecified atom stereocenters. The predicted molar refractivity (Wildman–Crippen MR) is 84.6 cm³/mol. The Bertz CT molecular complexity index is 596. The molecule has 2 aromatic rings. The van der Waals surface area contributed by atoms with Crippen molar-refractivity contribution in [2.24, 2.45) is 10.2 Å². The van der Waals surface area contributed by atoms with Gasteiger partial charge in [-0.05, 0) is 60.7 Å². The highest BCUT2D eigenvalue weighted by Gasteiger charge is 2.14. The lowest BCUT2D eigenvalue weighted by Gasteiger charge is -2.21. The molecule has 3 heteroatoms. The van der Waals surface area contributed by atoms with Crippen LogP contribution < -0.4 is 0 Å². The molecule has 0 saturated heterocycles. The molecule has 0 aromatic heterocycles. The molecule has 1 aliphatic rings. The number of hydrogen-bond donors (Lipinski definition) is 1. The molecule has 1 fully saturated rings. The van der Waals surface area contributed by atoms with Crippen LogP contribution in [0.1, 0.15) is 43.6 Å². The van der Waals surface area contributed by atoms with Crippen LogP contribution in [0.25, 0.3) is 0 Å². The molecule has 2 aromatic carbocycles. The van der Waals surface area contributed by atoms with Gasteiger partial charge in [0.2, 0.25) is 0 Å². The van der Waals surface area contributed by atoms with Gasteiger partial charge in [-0.15, -0.1) is 0 Å². The molecule has 1 aliphatic carbocycles. The zero-order valence-corrected chi connectivity index (χ0v) is 12.1. The van der Waals surface area contributed by atoms with Gasteiger partial charge in [0, 0.05) is 0 Å². The first-order chi connectivity index (χ1) is 10.3. The number of rotatable bonds is 3. The molecule has 0 spiro atoms. The molecular formula is C18H20N2O. The zero-order valence-electron chi connectivity index (χ0n) is 12.1. The van der Waals surface area contributed by atoms with Gasteiger partial charge in [-0.25, -0.2) is 0 Å². The van der Waals surface area contributed by atoms with E-state index in [-0.39, 0.29) is 5.75 Å². The summed E-state index contributed by atoms with van der Waals surface area (Å²) in [5, 5.41) is 17.6. The molecule has 0 aliphatic heterocycles. The zero-order chi connectivity index (χ0) is 14.5. The molecule has 21 heavy (non-hydrogen) atoms. The van der Waals surface area contributed by atoms with E-state index in [1.807, 2.05) is 12.1 Å². The number of nitrogens with zero attached hydrogens (tertiary/aromatic N) is 2. The van der Waals surface area contributed by atoms with Gasteiger partial charge in [-0.1, -0.05) is 31.4 Å². The minimum Gasteiger partial charge on any atom is -0.508 e. The van der Waals surface area contributed by atoms with Gasteiger partial charge >= 0.3 is 0 Å². The molecule has 0 amide bonds. The minimum atomic E-state index is 0.241. The second-order valence-electron chi connectivity index (χ2n) is 5.64. The first-order valence-electron chi connectivity index (χ1n) is 7.62. The summed E-state index contributed by atoms with van der Waals surface area (Å²) in [6.45, 7) is 0. The Morgan fingerprint density at radius 1 is 0.714 bits per heavy atom. The molecule has 108 valence electrons. The van der Waals surface area contributed by atoms with Crippen LogP contribution in [0, 0.1) is 0 Å². The Labute approximate surface area is 125 Å². The molecule has 1 N–H and O–H groups in total. The van der Waals surface area contributed by atoms with Crippen molar-refractivity contribution in [3.63, 3.8) is 0 Å². The van der Waals surface area contributed by atoms with Crippen LogP contribution in [0.5, 0.6) is 5.75 Å². The van der Waals surface area contributed by atoms with Crippen molar-refractivity contribution < 1.29 is 5.11 Å². The van der Waals surface area contributed by atoms with Crippen LogP contribution in [0.3, 0.4) is 0 Å². The maximum atomic E-state index is 9.22. The van der Waals surface area contributed by atoms with E-state index in [2.05, 4.69) is 22.4 Å². The normalized spacial score (nSPS) is 16.4. The molecular weight excluding hydrogens is 260 g/mol. The molecule has 3 rings (SSSR count). The van der Waals surface area contributed by atoms with Crippen molar-refractivity contribution >= 4 is 11.4 Å². The lowest BCUT2D eigenvalue weighted by Crippen LogP contribution is -2.03. The van der Waals surface area contributed by atoms with E-state index in [1.165, 1.54) is 37.7 Å². The number of hydrogen-bond acceptors (Lipinski definition) is 3. The molecule has 0 radical (unpaired) electrons. The van der Waals surface area contributed by atoms with E-state index in [0.717, 1.165) is 17.3 Å². The Balaban J connectivity index is 1.67. The van der Waals surface area contributed by atoms with Gasteiger partial charge in [0.1, 0.15) is 5.75 Å². The summed E-state index contributed by atoms with van der Waals surface area (Å²) >= 11 is 0. The van der Waals surface area contributed by atoms with E-state index in [9.17, 15) is 5.11 Å². The Hall–Kier alpha value is -2.16. The summed E-state index contributed by atoms with van der Waals surface area (Å²) in [7, 11) is 0. The van der Waals surface area contributed by atoms with Gasteiger partial charge in [0.25, 0.3) is 0 Å². The topological polar surface area (TPSA) is 45.0 Å². The van der Waals surface area contributed by atoms with Gasteiger partial charge in [-0.3, -0.25) is 0 Å². The van der Waals surface area contributed by atoms with Crippen LogP contribution in [-0.2, 0) is 0 Å². The summed E-state index contributed by atoms with van der Waals surface area (Å²) in [5.74, 6) is 0.965. The van der Waals surface area contributed by atoms with Crippen LogP contribution in [0.4, 0.5) is 11.4 Å². The Morgan fingerprint density at radius 2 is 1.24 bits per heavy atom. The molecule has 0 atom stereocenters. The SMILES string of the molecule is Oc1ccc(/N=N/c2ccc(C3CCCCC3)cc2)cc1. The fourth-order valence-corrected chi connectivity index (χ4v) is 2.88. The average Bonchev–Trinajstić information content (AvgIpc) is 2.56. The highest BCUT2D eigenvalue weighted by Crippen LogP contribution is 2.33. The summed E-state index contributed by atoms with van der Waals surface area (Å²) in [6, 6.07) is 15.1. The van der Waals surface area contributed by atoms with Crippen molar-refractivity contribution in [1.82, 2.24) is 0 Å². The molecule has 0 bridgehead atoms. The minimum absolute atomic E-state index is 0.241. The quantitative estimate of drug-likeness (QED) is 0.703. The maximum absolute atomic E-state index is 9.22. The standard InChI is InChI=1S/C18H20N2O/c21-18-12-10-17(11-13-18)20-19-16-8-6-15(7-9-16)14-4-2-1-3-5-14/h6-14,21H,1-5H2/b20-19+. The third-order valence-electron chi connectivity index (χ3n) is 4.10. The summed E-state index contributed by atoms with van der Waals surface area (Å²) in [6.07, 6.45) is 6.72. The number of azo groups is 1. The third kappa shape index (κ3) is 3.69. The van der Waals surface area contributed by atoms with Gasteiger partial charge in [0.15, 0.2) is 0 Å². The van der Waals surface area contributed by atoms with E-state index in [0.29, 0.717) is 0 Å². The number of aromatic hydroxyl groups is 1. The fourth-order valence-electron chi connectivity index (χ4n) is 2.88. The van der Waals surface area contributed by atoms with Gasteiger partial charge < -0.3 is 5.11 Å². The van der Waals surface area contributed by atoms with Gasteiger partial charge in [-0.2, -0.15) is 10.2 Å². The lowest BCUT2D eigenvalue weighted by molar-refractivity contribution is 0.443. The van der Waals surface area contributed by atoms with E-state index >= 15 is 0 Å². The van der Waals surface area contributed by atoms with Crippen molar-refractivity contribution in [1.29, 1.82) is 0 Å². The monoisotopic (exact) mass is 280 g/mol. The van der Waals surface area contributed by atoms with Crippen molar-refractivity contribution in [2.45, 2.75) is 38.0 Å². The molecule has 0 heterocycles. The Kier molecular flexibility index (Phi) is 4.29. The van der Waals surface area contributed by atoms with Crippen molar-refractivity contribution in [3.8, 4) is 5.75 Å². The first kappa shape index (κ1) is 13.8. The highest BCUT2D eigenvalue weighted by atomic mass is 16.3. The molecule has 3 nitrogen and oxygen atoms in total. The first-order valence-corrected chi connectivity index (χ1v) is 7.62. The number of phenolic OH excluding ortho intramolecular Hbond substituents is 1.